The Hall–Kier alpha value is -2.43. The van der Waals surface area contributed by atoms with Gasteiger partial charge in [-0.25, -0.2) is 0 Å². The third-order valence-corrected chi connectivity index (χ3v) is 6.92. The number of hydrogen-bond donors (Lipinski definition) is 1. The van der Waals surface area contributed by atoms with E-state index in [1.807, 2.05) is 11.5 Å². The highest BCUT2D eigenvalue weighted by Gasteiger charge is 2.31. The Morgan fingerprint density at radius 2 is 1.91 bits per heavy atom. The van der Waals surface area contributed by atoms with E-state index >= 15 is 0 Å². The lowest BCUT2D eigenvalue weighted by atomic mass is 10.2. The molecule has 0 aliphatic carbocycles. The molecule has 11 heteroatoms. The summed E-state index contributed by atoms with van der Waals surface area (Å²) in [5, 5.41) is 11.4. The van der Waals surface area contributed by atoms with Crippen molar-refractivity contribution in [2.75, 3.05) is 11.1 Å². The molecular weight excluding hydrogens is 505 g/mol. The minimum atomic E-state index is -4.53. The van der Waals surface area contributed by atoms with E-state index in [1.165, 1.54) is 11.1 Å². The van der Waals surface area contributed by atoms with Crippen LogP contribution in [0.5, 0.6) is 0 Å². The monoisotopic (exact) mass is 526 g/mol. The van der Waals surface area contributed by atoms with Crippen molar-refractivity contribution in [1.82, 2.24) is 14.8 Å². The fourth-order valence-corrected chi connectivity index (χ4v) is 4.76. The number of nitrogens with one attached hydrogen (secondary N) is 1. The summed E-state index contributed by atoms with van der Waals surface area (Å²) in [5.41, 5.74) is 1.44. The molecule has 0 aliphatic heterocycles. The van der Waals surface area contributed by atoms with Gasteiger partial charge >= 0.3 is 6.18 Å². The van der Waals surface area contributed by atoms with Gasteiger partial charge in [0.2, 0.25) is 5.91 Å². The van der Waals surface area contributed by atoms with Crippen molar-refractivity contribution in [1.29, 1.82) is 0 Å². The summed E-state index contributed by atoms with van der Waals surface area (Å²) in [4.78, 5) is 12.4. The molecule has 0 atom stereocenters. The molecule has 3 aromatic rings. The zero-order valence-electron chi connectivity index (χ0n) is 18.2. The zero-order valence-corrected chi connectivity index (χ0v) is 20.6. The van der Waals surface area contributed by atoms with Gasteiger partial charge in [0.05, 0.1) is 27.8 Å². The predicted molar refractivity (Wildman–Crippen MR) is 132 cm³/mol. The summed E-state index contributed by atoms with van der Waals surface area (Å²) in [7, 11) is 0. The molecular formula is C23H22ClF3N4OS2. The maximum Gasteiger partial charge on any atom is 0.416 e. The molecule has 1 amide bonds. The van der Waals surface area contributed by atoms with E-state index in [0.717, 1.165) is 41.5 Å². The SMILES string of the molecule is C=CCn1c(CSCc2ccc(C)cc2)nnc1SCC(=O)Nc1cc(C(F)(F)F)ccc1Cl. The van der Waals surface area contributed by atoms with Gasteiger partial charge in [-0.05, 0) is 30.7 Å². The van der Waals surface area contributed by atoms with Crippen LogP contribution in [0.1, 0.15) is 22.5 Å². The summed E-state index contributed by atoms with van der Waals surface area (Å²) in [6, 6.07) is 11.1. The first-order valence-corrected chi connectivity index (χ1v) is 12.6. The molecule has 34 heavy (non-hydrogen) atoms. The highest BCUT2D eigenvalue weighted by molar-refractivity contribution is 7.99. The molecule has 0 saturated carbocycles. The second-order valence-corrected chi connectivity index (χ2v) is 9.64. The van der Waals surface area contributed by atoms with Gasteiger partial charge in [0.25, 0.3) is 0 Å². The van der Waals surface area contributed by atoms with Gasteiger partial charge in [-0.2, -0.15) is 13.2 Å². The highest BCUT2D eigenvalue weighted by Crippen LogP contribution is 2.34. The van der Waals surface area contributed by atoms with Crippen LogP contribution in [-0.2, 0) is 29.0 Å². The maximum atomic E-state index is 12.9. The number of carbonyl (C=O) groups is 1. The number of hydrogen-bond acceptors (Lipinski definition) is 5. The summed E-state index contributed by atoms with van der Waals surface area (Å²) < 4.78 is 40.7. The third kappa shape index (κ3) is 7.28. The van der Waals surface area contributed by atoms with E-state index in [-0.39, 0.29) is 16.5 Å². The number of nitrogens with zero attached hydrogens (tertiary/aromatic N) is 3. The molecule has 0 aliphatic rings. The van der Waals surface area contributed by atoms with Gasteiger partial charge in [-0.15, -0.1) is 28.5 Å². The largest absolute Gasteiger partial charge is 0.416 e. The minimum absolute atomic E-state index is 0.0223. The molecule has 0 unspecified atom stereocenters. The number of aryl methyl sites for hydroxylation is 1. The molecule has 1 N–H and O–H groups in total. The van der Waals surface area contributed by atoms with Crippen LogP contribution in [0.2, 0.25) is 5.02 Å². The second kappa shape index (κ2) is 11.8. The third-order valence-electron chi connectivity index (χ3n) is 4.63. The number of rotatable bonds is 10. The van der Waals surface area contributed by atoms with Crippen molar-refractivity contribution in [2.24, 2.45) is 0 Å². The molecule has 0 spiro atoms. The number of thioether (sulfide) groups is 2. The summed E-state index contributed by atoms with van der Waals surface area (Å²) in [6.07, 6.45) is -2.82. The van der Waals surface area contributed by atoms with Crippen LogP contribution in [0, 0.1) is 6.92 Å². The van der Waals surface area contributed by atoms with Gasteiger partial charge < -0.3 is 9.88 Å². The van der Waals surface area contributed by atoms with Crippen LogP contribution in [0.25, 0.3) is 0 Å². The quantitative estimate of drug-likeness (QED) is 0.238. The lowest BCUT2D eigenvalue weighted by molar-refractivity contribution is -0.137. The molecule has 180 valence electrons. The smallest absolute Gasteiger partial charge is 0.324 e. The number of allylic oxidation sites excluding steroid dienone is 1. The van der Waals surface area contributed by atoms with E-state index in [9.17, 15) is 18.0 Å². The summed E-state index contributed by atoms with van der Waals surface area (Å²) in [6.45, 7) is 6.28. The van der Waals surface area contributed by atoms with Crippen LogP contribution in [0.15, 0.2) is 60.3 Å². The predicted octanol–water partition coefficient (Wildman–Crippen LogP) is 6.61. The second-order valence-electron chi connectivity index (χ2n) is 7.31. The summed E-state index contributed by atoms with van der Waals surface area (Å²) >= 11 is 8.78. The summed E-state index contributed by atoms with van der Waals surface area (Å²) in [5.74, 6) is 1.62. The van der Waals surface area contributed by atoms with Crippen LogP contribution in [0.4, 0.5) is 18.9 Å². The molecule has 1 aromatic heterocycles. The van der Waals surface area contributed by atoms with Gasteiger partial charge in [-0.3, -0.25) is 4.79 Å². The molecule has 0 bridgehead atoms. The van der Waals surface area contributed by atoms with E-state index in [4.69, 9.17) is 11.6 Å². The van der Waals surface area contributed by atoms with Crippen LogP contribution < -0.4 is 5.32 Å². The van der Waals surface area contributed by atoms with E-state index in [1.54, 1.807) is 17.8 Å². The van der Waals surface area contributed by atoms with E-state index in [2.05, 4.69) is 46.4 Å². The van der Waals surface area contributed by atoms with Crippen molar-refractivity contribution >= 4 is 46.7 Å². The van der Waals surface area contributed by atoms with Crippen molar-refractivity contribution in [3.63, 3.8) is 0 Å². The van der Waals surface area contributed by atoms with Crippen LogP contribution >= 0.6 is 35.1 Å². The van der Waals surface area contributed by atoms with Crippen LogP contribution in [0.3, 0.4) is 0 Å². The number of aromatic nitrogens is 3. The average molecular weight is 527 g/mol. The molecule has 0 saturated heterocycles. The van der Waals surface area contributed by atoms with Gasteiger partial charge in [0.1, 0.15) is 5.82 Å². The Balaban J connectivity index is 1.60. The first-order chi connectivity index (χ1) is 16.2. The molecule has 0 fully saturated rings. The lowest BCUT2D eigenvalue weighted by Gasteiger charge is -2.12. The first-order valence-electron chi connectivity index (χ1n) is 10.1. The first kappa shape index (κ1) is 26.2. The van der Waals surface area contributed by atoms with Crippen molar-refractivity contribution < 1.29 is 18.0 Å². The zero-order chi connectivity index (χ0) is 24.7. The number of anilines is 1. The normalized spacial score (nSPS) is 11.4. The minimum Gasteiger partial charge on any atom is -0.324 e. The average Bonchev–Trinajstić information content (AvgIpc) is 3.16. The Bertz CT molecular complexity index is 1150. The van der Waals surface area contributed by atoms with E-state index in [0.29, 0.717) is 17.5 Å². The van der Waals surface area contributed by atoms with Gasteiger partial charge in [0.15, 0.2) is 5.16 Å². The Kier molecular flexibility index (Phi) is 9.10. The molecule has 2 aromatic carbocycles. The van der Waals surface area contributed by atoms with Crippen molar-refractivity contribution in [3.8, 4) is 0 Å². The number of alkyl halides is 3. The Morgan fingerprint density at radius 1 is 1.18 bits per heavy atom. The van der Waals surface area contributed by atoms with Gasteiger partial charge in [0, 0.05) is 12.3 Å². The topological polar surface area (TPSA) is 59.8 Å². The lowest BCUT2D eigenvalue weighted by Crippen LogP contribution is -2.16. The number of carbonyl (C=O) groups excluding carboxylic acids is 1. The van der Waals surface area contributed by atoms with Crippen LogP contribution in [-0.4, -0.2) is 26.4 Å². The molecule has 1 heterocycles. The van der Waals surface area contributed by atoms with Gasteiger partial charge in [-0.1, -0.05) is 59.3 Å². The molecule has 5 nitrogen and oxygen atoms in total. The fraction of sp³-hybridized carbons (Fsp3) is 0.261. The van der Waals surface area contributed by atoms with Crippen molar-refractivity contribution in [3.05, 3.63) is 82.7 Å². The standard InChI is InChI=1S/C23H22ClF3N4OS2/c1-3-10-31-20(13-33-12-16-6-4-15(2)5-7-16)29-30-22(31)34-14-21(32)28-19-11-17(23(25,26)27)8-9-18(19)24/h3-9,11H,1,10,12-14H2,2H3,(H,28,32). The number of amides is 1. The molecule has 0 radical (unpaired) electrons. The number of halogens is 4. The number of benzene rings is 2. The highest BCUT2D eigenvalue weighted by atomic mass is 35.5. The van der Waals surface area contributed by atoms with E-state index < -0.39 is 17.6 Å². The maximum absolute atomic E-state index is 12.9. The fourth-order valence-electron chi connectivity index (χ4n) is 2.90. The van der Waals surface area contributed by atoms with Crippen molar-refractivity contribution in [2.45, 2.75) is 36.3 Å². The Morgan fingerprint density at radius 3 is 2.59 bits per heavy atom. The Labute approximate surface area is 209 Å². The molecule has 3 rings (SSSR count).